The number of nitrogens with zero attached hydrogens (tertiary/aromatic N) is 3. The first-order chi connectivity index (χ1) is 13.1. The number of rotatable bonds is 6. The van der Waals surface area contributed by atoms with Gasteiger partial charge in [0.15, 0.2) is 0 Å². The quantitative estimate of drug-likeness (QED) is 0.723. The summed E-state index contributed by atoms with van der Waals surface area (Å²) in [5, 5.41) is 0. The maximum atomic E-state index is 14.4. The van der Waals surface area contributed by atoms with Crippen LogP contribution < -0.4 is 4.74 Å². The monoisotopic (exact) mass is 370 g/mol. The van der Waals surface area contributed by atoms with Crippen LogP contribution in [0, 0.1) is 6.92 Å². The minimum absolute atomic E-state index is 0.268. The molecule has 2 unspecified atom stereocenters. The van der Waals surface area contributed by atoms with Gasteiger partial charge in [-0.25, -0.2) is 14.4 Å². The maximum Gasteiger partial charge on any atom is 0.213 e. The van der Waals surface area contributed by atoms with Crippen LogP contribution in [0.2, 0.25) is 0 Å². The van der Waals surface area contributed by atoms with Crippen LogP contribution in [0.25, 0.3) is 11.0 Å². The molecule has 142 valence electrons. The molecule has 1 fully saturated rings. The van der Waals surface area contributed by atoms with Crippen LogP contribution >= 0.6 is 0 Å². The lowest BCUT2D eigenvalue weighted by atomic mass is 10.2. The first-order valence-electron chi connectivity index (χ1n) is 9.04. The highest BCUT2D eigenvalue weighted by Gasteiger charge is 2.34. The van der Waals surface area contributed by atoms with Crippen molar-refractivity contribution in [3.05, 3.63) is 53.5 Å². The number of H-pyrrole nitrogens is 1. The summed E-state index contributed by atoms with van der Waals surface area (Å²) in [6, 6.07) is 11.6. The van der Waals surface area contributed by atoms with E-state index in [-0.39, 0.29) is 6.61 Å². The van der Waals surface area contributed by atoms with Crippen LogP contribution in [0.4, 0.5) is 4.39 Å². The minimum Gasteiger partial charge on any atom is -0.481 e. The summed E-state index contributed by atoms with van der Waals surface area (Å²) in [4.78, 5) is 14.1. The zero-order valence-electron chi connectivity index (χ0n) is 15.5. The number of fused-ring (bicyclic) bond motifs is 1. The lowest BCUT2D eigenvalue weighted by molar-refractivity contribution is 0.00861. The third-order valence-corrected chi connectivity index (χ3v) is 4.77. The van der Waals surface area contributed by atoms with Gasteiger partial charge in [-0.15, -0.1) is 0 Å². The number of benzene rings is 1. The third-order valence-electron chi connectivity index (χ3n) is 4.77. The number of ether oxygens (including phenoxy) is 2. The zero-order chi connectivity index (χ0) is 18.8. The average Bonchev–Trinajstić information content (AvgIpc) is 3.22. The van der Waals surface area contributed by atoms with Crippen LogP contribution in [-0.4, -0.2) is 52.3 Å². The molecule has 1 saturated heterocycles. The molecule has 1 aromatic carbocycles. The molecule has 4 rings (SSSR count). The molecule has 0 radical (unpaired) electrons. The fourth-order valence-electron chi connectivity index (χ4n) is 3.41. The van der Waals surface area contributed by atoms with Crippen LogP contribution in [-0.2, 0) is 17.9 Å². The Morgan fingerprint density at radius 2 is 2.11 bits per heavy atom. The van der Waals surface area contributed by atoms with Gasteiger partial charge in [0.05, 0.1) is 23.8 Å². The lowest BCUT2D eigenvalue weighted by Gasteiger charge is -2.15. The van der Waals surface area contributed by atoms with Gasteiger partial charge >= 0.3 is 0 Å². The molecule has 1 N–H and O–H groups in total. The fraction of sp³-hybridized carbons (Fsp3) is 0.400. The number of hydrogen-bond donors (Lipinski definition) is 1. The van der Waals surface area contributed by atoms with Crippen LogP contribution in [0.3, 0.4) is 0 Å². The number of hydrogen-bond acceptors (Lipinski definition) is 5. The molecule has 0 saturated carbocycles. The van der Waals surface area contributed by atoms with E-state index in [0.29, 0.717) is 25.5 Å². The van der Waals surface area contributed by atoms with Gasteiger partial charge in [-0.05, 0) is 30.7 Å². The lowest BCUT2D eigenvalue weighted by Crippen LogP contribution is -2.24. The van der Waals surface area contributed by atoms with Crippen molar-refractivity contribution in [2.24, 2.45) is 0 Å². The Morgan fingerprint density at radius 3 is 2.96 bits per heavy atom. The molecule has 3 aromatic rings. The van der Waals surface area contributed by atoms with Crippen molar-refractivity contribution in [3.63, 3.8) is 0 Å². The van der Waals surface area contributed by atoms with Crippen molar-refractivity contribution < 1.29 is 13.9 Å². The number of aromatic nitrogens is 3. The second-order valence-corrected chi connectivity index (χ2v) is 6.93. The molecule has 0 bridgehead atoms. The van der Waals surface area contributed by atoms with Gasteiger partial charge in [-0.2, -0.15) is 0 Å². The predicted octanol–water partition coefficient (Wildman–Crippen LogP) is 3.01. The molecule has 0 spiro atoms. The van der Waals surface area contributed by atoms with Gasteiger partial charge in [0.25, 0.3) is 0 Å². The average molecular weight is 370 g/mol. The largest absolute Gasteiger partial charge is 0.481 e. The van der Waals surface area contributed by atoms with Gasteiger partial charge in [0.1, 0.15) is 24.7 Å². The highest BCUT2D eigenvalue weighted by molar-refractivity contribution is 5.75. The van der Waals surface area contributed by atoms with E-state index in [9.17, 15) is 4.39 Å². The van der Waals surface area contributed by atoms with E-state index in [4.69, 9.17) is 9.47 Å². The van der Waals surface area contributed by atoms with Gasteiger partial charge in [-0.3, -0.25) is 4.90 Å². The summed E-state index contributed by atoms with van der Waals surface area (Å²) in [6.07, 6.45) is -1.49. The van der Waals surface area contributed by atoms with E-state index in [1.165, 1.54) is 5.56 Å². The molecule has 2 aromatic heterocycles. The summed E-state index contributed by atoms with van der Waals surface area (Å²) < 4.78 is 25.4. The highest BCUT2D eigenvalue weighted by Crippen LogP contribution is 2.21. The van der Waals surface area contributed by atoms with Crippen molar-refractivity contribution in [1.29, 1.82) is 0 Å². The topological polar surface area (TPSA) is 63.3 Å². The Kier molecular flexibility index (Phi) is 5.05. The fourth-order valence-corrected chi connectivity index (χ4v) is 3.41. The number of aromatic amines is 1. The molecule has 7 heteroatoms. The minimum atomic E-state index is -1.03. The number of likely N-dealkylation sites (tertiary alicyclic amines) is 1. The summed E-state index contributed by atoms with van der Waals surface area (Å²) in [5.41, 5.74) is 3.89. The van der Waals surface area contributed by atoms with Crippen molar-refractivity contribution in [3.8, 4) is 5.88 Å². The van der Waals surface area contributed by atoms with Gasteiger partial charge in [-0.1, -0.05) is 12.1 Å². The van der Waals surface area contributed by atoms with Crippen molar-refractivity contribution in [1.82, 2.24) is 19.9 Å². The molecular formula is C20H23FN4O2. The van der Waals surface area contributed by atoms with Crippen molar-refractivity contribution in [2.45, 2.75) is 32.4 Å². The zero-order valence-corrected chi connectivity index (χ0v) is 15.5. The maximum absolute atomic E-state index is 14.4. The normalized spacial score (nSPS) is 20.4. The van der Waals surface area contributed by atoms with Gasteiger partial charge < -0.3 is 14.5 Å². The molecule has 0 amide bonds. The van der Waals surface area contributed by atoms with E-state index in [2.05, 4.69) is 15.0 Å². The molecule has 0 aliphatic carbocycles. The first-order valence-corrected chi connectivity index (χ1v) is 9.04. The van der Waals surface area contributed by atoms with Crippen LogP contribution in [0.5, 0.6) is 5.88 Å². The van der Waals surface area contributed by atoms with Crippen LogP contribution in [0.15, 0.2) is 36.4 Å². The molecular weight excluding hydrogens is 347 g/mol. The number of halogens is 1. The van der Waals surface area contributed by atoms with E-state index >= 15 is 0 Å². The Balaban J connectivity index is 1.35. The number of nitrogens with one attached hydrogen (secondary N) is 1. The molecule has 6 nitrogen and oxygen atoms in total. The molecule has 1 aliphatic heterocycles. The molecule has 2 atom stereocenters. The molecule has 3 heterocycles. The first kappa shape index (κ1) is 17.9. The predicted molar refractivity (Wildman–Crippen MR) is 100 cm³/mol. The third kappa shape index (κ3) is 4.09. The molecule has 1 aliphatic rings. The number of alkyl halides is 1. The Hall–Kier alpha value is -2.51. The van der Waals surface area contributed by atoms with Crippen LogP contribution in [0.1, 0.15) is 17.1 Å². The van der Waals surface area contributed by atoms with E-state index < -0.39 is 12.3 Å². The Morgan fingerprint density at radius 1 is 1.22 bits per heavy atom. The van der Waals surface area contributed by atoms with Crippen molar-refractivity contribution >= 4 is 11.0 Å². The second-order valence-electron chi connectivity index (χ2n) is 6.93. The number of methoxy groups -OCH3 is 1. The smallest absolute Gasteiger partial charge is 0.213 e. The SMILES string of the molecule is COc1cccc(CN2CC(F)C(OCc3nc4ccc(C)cc4[nH]3)C2)n1. The Labute approximate surface area is 157 Å². The van der Waals surface area contributed by atoms with E-state index in [1.54, 1.807) is 13.2 Å². The highest BCUT2D eigenvalue weighted by atomic mass is 19.1. The summed E-state index contributed by atoms with van der Waals surface area (Å²) >= 11 is 0. The summed E-state index contributed by atoms with van der Waals surface area (Å²) in [6.45, 7) is 3.74. The number of imidazole rings is 1. The standard InChI is InChI=1S/C20H23FN4O2/c1-13-6-7-16-17(8-13)24-19(23-16)12-27-18-11-25(10-15(18)21)9-14-4-3-5-20(22-14)26-2/h3-8,15,18H,9-12H2,1-2H3,(H,23,24). The van der Waals surface area contributed by atoms with E-state index in [0.717, 1.165) is 22.6 Å². The van der Waals surface area contributed by atoms with Crippen molar-refractivity contribution in [2.75, 3.05) is 20.2 Å². The second kappa shape index (κ2) is 7.62. The molecule has 27 heavy (non-hydrogen) atoms. The summed E-state index contributed by atoms with van der Waals surface area (Å²) in [5.74, 6) is 1.28. The number of pyridine rings is 1. The van der Waals surface area contributed by atoms with E-state index in [1.807, 2.05) is 42.2 Å². The van der Waals surface area contributed by atoms with Gasteiger partial charge in [0, 0.05) is 25.7 Å². The number of aryl methyl sites for hydroxylation is 1. The Bertz CT molecular complexity index is 929. The summed E-state index contributed by atoms with van der Waals surface area (Å²) in [7, 11) is 1.59. The van der Waals surface area contributed by atoms with Gasteiger partial charge in [0.2, 0.25) is 5.88 Å².